The molecule has 0 unspecified atom stereocenters. The van der Waals surface area contributed by atoms with Gasteiger partial charge in [-0.05, 0) is 0 Å². The minimum Gasteiger partial charge on any atom is -0.499 e. The van der Waals surface area contributed by atoms with Crippen molar-refractivity contribution in [1.29, 1.82) is 0 Å². The summed E-state index contributed by atoms with van der Waals surface area (Å²) in [6.07, 6.45) is 6.55. The standard InChI is InChI=1S/C10H14N2O3/c1-2-14-6-7-15-12-10(13)9-4-3-5-11-8-9/h2-4,8,11H,1,5-7H2,(H,12,13). The average molecular weight is 210 g/mol. The molecule has 1 aliphatic heterocycles. The summed E-state index contributed by atoms with van der Waals surface area (Å²) in [5.41, 5.74) is 2.83. The van der Waals surface area contributed by atoms with E-state index in [1.165, 1.54) is 6.26 Å². The van der Waals surface area contributed by atoms with Crippen molar-refractivity contribution < 1.29 is 14.4 Å². The van der Waals surface area contributed by atoms with Crippen molar-refractivity contribution in [2.45, 2.75) is 0 Å². The van der Waals surface area contributed by atoms with Crippen LogP contribution in [0.5, 0.6) is 0 Å². The molecule has 0 radical (unpaired) electrons. The zero-order valence-corrected chi connectivity index (χ0v) is 8.36. The Kier molecular flexibility index (Phi) is 5.03. The van der Waals surface area contributed by atoms with E-state index in [0.717, 1.165) is 6.54 Å². The summed E-state index contributed by atoms with van der Waals surface area (Å²) in [6.45, 7) is 4.75. The molecule has 0 spiro atoms. The Morgan fingerprint density at radius 3 is 3.20 bits per heavy atom. The molecule has 0 aromatic heterocycles. The number of carbonyl (C=O) groups is 1. The summed E-state index contributed by atoms with van der Waals surface area (Å²) >= 11 is 0. The molecule has 15 heavy (non-hydrogen) atoms. The lowest BCUT2D eigenvalue weighted by molar-refractivity contribution is -0.130. The van der Waals surface area contributed by atoms with Crippen LogP contribution >= 0.6 is 0 Å². The van der Waals surface area contributed by atoms with E-state index in [2.05, 4.69) is 17.4 Å². The third-order valence-electron chi connectivity index (χ3n) is 1.64. The lowest BCUT2D eigenvalue weighted by atomic mass is 10.2. The fraction of sp³-hybridized carbons (Fsp3) is 0.300. The monoisotopic (exact) mass is 210 g/mol. The Labute approximate surface area is 88.4 Å². The van der Waals surface area contributed by atoms with Crippen LogP contribution in [0.25, 0.3) is 0 Å². The maximum absolute atomic E-state index is 11.4. The van der Waals surface area contributed by atoms with Crippen LogP contribution in [-0.4, -0.2) is 25.7 Å². The first kappa shape index (κ1) is 11.3. The fourth-order valence-corrected chi connectivity index (χ4v) is 0.961. The largest absolute Gasteiger partial charge is 0.499 e. The SMILES string of the molecule is C=COCCONC(=O)C1=CNCC=C1. The highest BCUT2D eigenvalue weighted by Crippen LogP contribution is 1.99. The number of amides is 1. The molecule has 0 atom stereocenters. The lowest BCUT2D eigenvalue weighted by Gasteiger charge is -2.09. The van der Waals surface area contributed by atoms with E-state index in [1.807, 2.05) is 6.08 Å². The summed E-state index contributed by atoms with van der Waals surface area (Å²) in [6, 6.07) is 0. The summed E-state index contributed by atoms with van der Waals surface area (Å²) in [4.78, 5) is 16.3. The number of nitrogens with one attached hydrogen (secondary N) is 2. The van der Waals surface area contributed by atoms with E-state index >= 15 is 0 Å². The second kappa shape index (κ2) is 6.67. The number of hydrogen-bond donors (Lipinski definition) is 2. The lowest BCUT2D eigenvalue weighted by Crippen LogP contribution is -2.28. The van der Waals surface area contributed by atoms with Crippen LogP contribution in [0.3, 0.4) is 0 Å². The van der Waals surface area contributed by atoms with Crippen LogP contribution in [0.4, 0.5) is 0 Å². The van der Waals surface area contributed by atoms with Gasteiger partial charge in [-0.25, -0.2) is 5.48 Å². The summed E-state index contributed by atoms with van der Waals surface area (Å²) < 4.78 is 4.81. The molecule has 0 saturated heterocycles. The maximum atomic E-state index is 11.4. The Balaban J connectivity index is 2.15. The van der Waals surface area contributed by atoms with E-state index in [9.17, 15) is 4.79 Å². The number of rotatable bonds is 6. The molecule has 1 amide bonds. The van der Waals surface area contributed by atoms with Gasteiger partial charge in [0.1, 0.15) is 13.2 Å². The second-order valence-corrected chi connectivity index (χ2v) is 2.73. The van der Waals surface area contributed by atoms with Gasteiger partial charge in [0.25, 0.3) is 5.91 Å². The van der Waals surface area contributed by atoms with Crippen molar-refractivity contribution in [1.82, 2.24) is 10.8 Å². The van der Waals surface area contributed by atoms with Crippen LogP contribution in [-0.2, 0) is 14.4 Å². The van der Waals surface area contributed by atoms with Crippen LogP contribution < -0.4 is 10.8 Å². The van der Waals surface area contributed by atoms with Crippen molar-refractivity contribution >= 4 is 5.91 Å². The highest BCUT2D eigenvalue weighted by Gasteiger charge is 2.07. The van der Waals surface area contributed by atoms with E-state index in [1.54, 1.807) is 12.3 Å². The highest BCUT2D eigenvalue weighted by molar-refractivity contribution is 5.95. The fourth-order valence-electron chi connectivity index (χ4n) is 0.961. The number of hydroxylamine groups is 1. The third kappa shape index (κ3) is 4.33. The quantitative estimate of drug-likeness (QED) is 0.374. The molecular formula is C10H14N2O3. The van der Waals surface area contributed by atoms with Crippen molar-refractivity contribution in [3.8, 4) is 0 Å². The Morgan fingerprint density at radius 1 is 1.67 bits per heavy atom. The Morgan fingerprint density at radius 2 is 2.53 bits per heavy atom. The minimum atomic E-state index is -0.281. The summed E-state index contributed by atoms with van der Waals surface area (Å²) in [5, 5.41) is 2.92. The van der Waals surface area contributed by atoms with Crippen molar-refractivity contribution in [2.24, 2.45) is 0 Å². The molecule has 82 valence electrons. The van der Waals surface area contributed by atoms with E-state index in [-0.39, 0.29) is 12.5 Å². The normalized spacial score (nSPS) is 13.7. The van der Waals surface area contributed by atoms with Crippen LogP contribution in [0.2, 0.25) is 0 Å². The van der Waals surface area contributed by atoms with Gasteiger partial charge < -0.3 is 10.1 Å². The zero-order valence-electron chi connectivity index (χ0n) is 8.36. The van der Waals surface area contributed by atoms with Crippen LogP contribution in [0, 0.1) is 0 Å². The van der Waals surface area contributed by atoms with Crippen molar-refractivity contribution in [2.75, 3.05) is 19.8 Å². The molecule has 5 nitrogen and oxygen atoms in total. The number of ether oxygens (including phenoxy) is 1. The van der Waals surface area contributed by atoms with Gasteiger partial charge in [-0.3, -0.25) is 9.63 Å². The maximum Gasteiger partial charge on any atom is 0.276 e. The minimum absolute atomic E-state index is 0.280. The number of hydrogen-bond acceptors (Lipinski definition) is 4. The molecule has 0 aromatic carbocycles. The summed E-state index contributed by atoms with van der Waals surface area (Å²) in [5.74, 6) is -0.281. The molecular weight excluding hydrogens is 196 g/mol. The van der Waals surface area contributed by atoms with Gasteiger partial charge in [0.15, 0.2) is 0 Å². The average Bonchev–Trinajstić information content (AvgIpc) is 2.30. The molecule has 0 fully saturated rings. The molecule has 1 aliphatic rings. The van der Waals surface area contributed by atoms with Crippen LogP contribution in [0.1, 0.15) is 0 Å². The molecule has 5 heteroatoms. The molecule has 0 saturated carbocycles. The smallest absolute Gasteiger partial charge is 0.276 e. The van der Waals surface area contributed by atoms with Gasteiger partial charge in [0.05, 0.1) is 11.8 Å². The molecule has 1 heterocycles. The molecule has 0 aliphatic carbocycles. The molecule has 0 bridgehead atoms. The first-order chi connectivity index (χ1) is 7.34. The van der Waals surface area contributed by atoms with Gasteiger partial charge in [0, 0.05) is 12.7 Å². The summed E-state index contributed by atoms with van der Waals surface area (Å²) in [7, 11) is 0. The van der Waals surface area contributed by atoms with E-state index < -0.39 is 0 Å². The van der Waals surface area contributed by atoms with E-state index in [4.69, 9.17) is 9.57 Å². The molecule has 1 rings (SSSR count). The van der Waals surface area contributed by atoms with Crippen molar-refractivity contribution in [3.63, 3.8) is 0 Å². The Bertz CT molecular complexity index is 284. The molecule has 0 aromatic rings. The zero-order chi connectivity index (χ0) is 10.9. The van der Waals surface area contributed by atoms with Gasteiger partial charge in [-0.2, -0.15) is 0 Å². The highest BCUT2D eigenvalue weighted by atomic mass is 16.7. The first-order valence-corrected chi connectivity index (χ1v) is 4.59. The topological polar surface area (TPSA) is 59.6 Å². The predicted molar refractivity (Wildman–Crippen MR) is 55.5 cm³/mol. The van der Waals surface area contributed by atoms with Gasteiger partial charge >= 0.3 is 0 Å². The molecule has 2 N–H and O–H groups in total. The second-order valence-electron chi connectivity index (χ2n) is 2.73. The van der Waals surface area contributed by atoms with Gasteiger partial charge in [0.2, 0.25) is 0 Å². The Hall–Kier alpha value is -1.75. The van der Waals surface area contributed by atoms with Gasteiger partial charge in [-0.15, -0.1) is 0 Å². The number of dihydropyridines is 1. The predicted octanol–water partition coefficient (Wildman–Crippen LogP) is 0.238. The van der Waals surface area contributed by atoms with E-state index in [0.29, 0.717) is 12.2 Å². The number of carbonyl (C=O) groups excluding carboxylic acids is 1. The first-order valence-electron chi connectivity index (χ1n) is 4.59. The van der Waals surface area contributed by atoms with Gasteiger partial charge in [-0.1, -0.05) is 18.7 Å². The van der Waals surface area contributed by atoms with Crippen LogP contribution in [0.15, 0.2) is 36.8 Å². The van der Waals surface area contributed by atoms with Crippen molar-refractivity contribution in [3.05, 3.63) is 36.8 Å². The third-order valence-corrected chi connectivity index (χ3v) is 1.64.